The molecule has 0 saturated heterocycles. The Hall–Kier alpha value is -2.44. The van der Waals surface area contributed by atoms with Crippen molar-refractivity contribution in [3.8, 4) is 11.5 Å². The van der Waals surface area contributed by atoms with Crippen molar-refractivity contribution in [3.05, 3.63) is 57.6 Å². The molecule has 0 aliphatic heterocycles. The summed E-state index contributed by atoms with van der Waals surface area (Å²) in [6, 6.07) is 10.4. The third kappa shape index (κ3) is 7.53. The van der Waals surface area contributed by atoms with Crippen LogP contribution in [0.2, 0.25) is 10.0 Å². The minimum absolute atomic E-state index is 0.103. The molecule has 0 aromatic heterocycles. The molecule has 0 bridgehead atoms. The Bertz CT molecular complexity index is 1040. The molecule has 3 rings (SSSR count). The molecule has 1 fully saturated rings. The van der Waals surface area contributed by atoms with E-state index in [1.54, 1.807) is 31.3 Å². The van der Waals surface area contributed by atoms with E-state index in [4.69, 9.17) is 32.7 Å². The molecule has 2 amide bonds. The summed E-state index contributed by atoms with van der Waals surface area (Å²) in [4.78, 5) is 28.6. The average Bonchev–Trinajstić information content (AvgIpc) is 2.88. The van der Waals surface area contributed by atoms with Crippen LogP contribution in [0.15, 0.2) is 36.4 Å². The van der Waals surface area contributed by atoms with Gasteiger partial charge in [0.2, 0.25) is 11.8 Å². The van der Waals surface area contributed by atoms with Gasteiger partial charge in [-0.2, -0.15) is 0 Å². The number of ether oxygens (including phenoxy) is 2. The third-order valence-corrected chi connectivity index (χ3v) is 7.36. The maximum absolute atomic E-state index is 13.6. The Balaban J connectivity index is 1.79. The number of nitrogens with zero attached hydrogens (tertiary/aromatic N) is 1. The van der Waals surface area contributed by atoms with Crippen molar-refractivity contribution in [1.82, 2.24) is 10.2 Å². The van der Waals surface area contributed by atoms with Crippen LogP contribution < -0.4 is 14.8 Å². The minimum Gasteiger partial charge on any atom is -0.493 e. The van der Waals surface area contributed by atoms with E-state index >= 15 is 0 Å². The highest BCUT2D eigenvalue weighted by Crippen LogP contribution is 2.29. The number of nitrogens with one attached hydrogen (secondary N) is 1. The fraction of sp³-hybridized carbons (Fsp3) is 0.500. The molecule has 1 aliphatic carbocycles. The van der Waals surface area contributed by atoms with Crippen molar-refractivity contribution >= 4 is 35.0 Å². The number of amides is 2. The number of methoxy groups -OCH3 is 2. The van der Waals surface area contributed by atoms with Gasteiger partial charge in [0.1, 0.15) is 6.04 Å². The summed E-state index contributed by atoms with van der Waals surface area (Å²) in [6.45, 7) is 2.17. The largest absolute Gasteiger partial charge is 0.493 e. The van der Waals surface area contributed by atoms with Crippen molar-refractivity contribution in [3.63, 3.8) is 0 Å². The van der Waals surface area contributed by atoms with E-state index in [9.17, 15) is 9.59 Å². The van der Waals surface area contributed by atoms with E-state index in [0.717, 1.165) is 36.8 Å². The lowest BCUT2D eigenvalue weighted by Gasteiger charge is -2.33. The van der Waals surface area contributed by atoms with Crippen LogP contribution in [0.3, 0.4) is 0 Å². The van der Waals surface area contributed by atoms with Crippen LogP contribution in [0, 0.1) is 0 Å². The van der Waals surface area contributed by atoms with Crippen LogP contribution >= 0.6 is 23.2 Å². The maximum Gasteiger partial charge on any atom is 0.243 e. The molecule has 0 radical (unpaired) electrons. The Morgan fingerprint density at radius 1 is 1.03 bits per heavy atom. The Morgan fingerprint density at radius 3 is 2.39 bits per heavy atom. The quantitative estimate of drug-likeness (QED) is 0.372. The van der Waals surface area contributed by atoms with Gasteiger partial charge in [0, 0.05) is 29.1 Å². The highest BCUT2D eigenvalue weighted by atomic mass is 35.5. The van der Waals surface area contributed by atoms with Crippen LogP contribution in [0.5, 0.6) is 11.5 Å². The van der Waals surface area contributed by atoms with Crippen LogP contribution in [-0.2, 0) is 22.6 Å². The lowest BCUT2D eigenvalue weighted by Crippen LogP contribution is -2.51. The van der Waals surface area contributed by atoms with Crippen molar-refractivity contribution in [2.45, 2.75) is 76.9 Å². The molecule has 1 N–H and O–H groups in total. The van der Waals surface area contributed by atoms with Crippen molar-refractivity contribution < 1.29 is 19.1 Å². The highest BCUT2D eigenvalue weighted by molar-refractivity contribution is 6.35. The predicted molar refractivity (Wildman–Crippen MR) is 144 cm³/mol. The number of carbonyl (C=O) groups is 2. The van der Waals surface area contributed by atoms with Gasteiger partial charge >= 0.3 is 0 Å². The van der Waals surface area contributed by atoms with Crippen LogP contribution in [0.1, 0.15) is 63.0 Å². The Labute approximate surface area is 224 Å². The summed E-state index contributed by atoms with van der Waals surface area (Å²) >= 11 is 12.5. The lowest BCUT2D eigenvalue weighted by atomic mass is 9.95. The van der Waals surface area contributed by atoms with Crippen LogP contribution in [0.4, 0.5) is 0 Å². The molecule has 1 saturated carbocycles. The zero-order valence-electron chi connectivity index (χ0n) is 21.3. The first-order valence-electron chi connectivity index (χ1n) is 12.6. The molecule has 1 aliphatic rings. The van der Waals surface area contributed by atoms with E-state index < -0.39 is 6.04 Å². The summed E-state index contributed by atoms with van der Waals surface area (Å²) in [6.07, 6.45) is 6.67. The molecule has 2 aromatic rings. The van der Waals surface area contributed by atoms with Gasteiger partial charge in [-0.1, -0.05) is 61.5 Å². The van der Waals surface area contributed by atoms with Gasteiger partial charge in [-0.15, -0.1) is 0 Å². The van der Waals surface area contributed by atoms with Gasteiger partial charge in [-0.25, -0.2) is 0 Å². The average molecular weight is 536 g/mol. The first-order valence-corrected chi connectivity index (χ1v) is 13.4. The standard InChI is InChI=1S/C28H36Cl2N2O4/c1-4-24(28(34)31-22-8-6-5-7-9-22)32(18-20-12-13-21(29)17-23(20)30)27(33)15-11-19-10-14-25(35-2)26(16-19)36-3/h10,12-14,16-17,22,24H,4-9,11,15,18H2,1-3H3,(H,31,34). The predicted octanol–water partition coefficient (Wildman–Crippen LogP) is 6.20. The molecule has 196 valence electrons. The zero-order chi connectivity index (χ0) is 26.1. The van der Waals surface area contributed by atoms with Crippen molar-refractivity contribution in [1.29, 1.82) is 0 Å². The van der Waals surface area contributed by atoms with E-state index in [0.29, 0.717) is 34.4 Å². The van der Waals surface area contributed by atoms with Crippen LogP contribution in [0.25, 0.3) is 0 Å². The molecule has 2 aromatic carbocycles. The highest BCUT2D eigenvalue weighted by Gasteiger charge is 2.30. The monoisotopic (exact) mass is 534 g/mol. The zero-order valence-corrected chi connectivity index (χ0v) is 22.8. The minimum atomic E-state index is -0.587. The normalized spacial score (nSPS) is 14.7. The molecule has 1 unspecified atom stereocenters. The van der Waals surface area contributed by atoms with Crippen molar-refractivity contribution in [2.75, 3.05) is 14.2 Å². The van der Waals surface area contributed by atoms with E-state index in [2.05, 4.69) is 5.32 Å². The Kier molecular flexibility index (Phi) is 10.7. The molecular formula is C28H36Cl2N2O4. The molecule has 8 heteroatoms. The van der Waals surface area contributed by atoms with Gasteiger partial charge in [-0.3, -0.25) is 9.59 Å². The number of aryl methyl sites for hydroxylation is 1. The van der Waals surface area contributed by atoms with E-state index in [1.165, 1.54) is 6.42 Å². The summed E-state index contributed by atoms with van der Waals surface area (Å²) in [5.41, 5.74) is 1.70. The van der Waals surface area contributed by atoms with Crippen LogP contribution in [-0.4, -0.2) is 43.0 Å². The first-order chi connectivity index (χ1) is 17.4. The maximum atomic E-state index is 13.6. The van der Waals surface area contributed by atoms with Gasteiger partial charge < -0.3 is 19.7 Å². The van der Waals surface area contributed by atoms with Gasteiger partial charge in [-0.05, 0) is 61.1 Å². The molecule has 0 spiro atoms. The summed E-state index contributed by atoms with van der Waals surface area (Å²) < 4.78 is 10.7. The van der Waals surface area contributed by atoms with Gasteiger partial charge in [0.25, 0.3) is 0 Å². The topological polar surface area (TPSA) is 67.9 Å². The summed E-state index contributed by atoms with van der Waals surface area (Å²) in [7, 11) is 3.17. The van der Waals surface area contributed by atoms with E-state index in [-0.39, 0.29) is 30.8 Å². The second kappa shape index (κ2) is 13.8. The second-order valence-electron chi connectivity index (χ2n) is 9.21. The molecule has 0 heterocycles. The number of benzene rings is 2. The molecule has 36 heavy (non-hydrogen) atoms. The number of halogens is 2. The number of hydrogen-bond donors (Lipinski definition) is 1. The smallest absolute Gasteiger partial charge is 0.243 e. The number of carbonyl (C=O) groups excluding carboxylic acids is 2. The number of hydrogen-bond acceptors (Lipinski definition) is 4. The second-order valence-corrected chi connectivity index (χ2v) is 10.1. The fourth-order valence-electron chi connectivity index (χ4n) is 4.73. The van der Waals surface area contributed by atoms with Gasteiger partial charge in [0.05, 0.1) is 14.2 Å². The molecule has 1 atom stereocenters. The molecular weight excluding hydrogens is 499 g/mol. The van der Waals surface area contributed by atoms with Gasteiger partial charge in [0.15, 0.2) is 11.5 Å². The Morgan fingerprint density at radius 2 is 1.75 bits per heavy atom. The first kappa shape index (κ1) is 28.1. The number of rotatable bonds is 11. The lowest BCUT2D eigenvalue weighted by molar-refractivity contribution is -0.141. The fourth-order valence-corrected chi connectivity index (χ4v) is 5.20. The summed E-state index contributed by atoms with van der Waals surface area (Å²) in [5.74, 6) is 1.04. The molecule has 6 nitrogen and oxygen atoms in total. The SMILES string of the molecule is CCC(C(=O)NC1CCCCC1)N(Cc1ccc(Cl)cc1Cl)C(=O)CCc1ccc(OC)c(OC)c1. The third-order valence-electron chi connectivity index (χ3n) is 6.77. The van der Waals surface area contributed by atoms with E-state index in [1.807, 2.05) is 31.2 Å². The summed E-state index contributed by atoms with van der Waals surface area (Å²) in [5, 5.41) is 4.20. The van der Waals surface area contributed by atoms with Crippen molar-refractivity contribution in [2.24, 2.45) is 0 Å².